The third-order valence-electron chi connectivity index (χ3n) is 3.43. The van der Waals surface area contributed by atoms with Crippen LogP contribution in [0.1, 0.15) is 36.8 Å². The maximum Gasteiger partial charge on any atom is 0.274 e. The number of carbonyl (C=O) groups is 1. The Hall–Kier alpha value is -1.40. The van der Waals surface area contributed by atoms with Crippen molar-refractivity contribution in [2.24, 2.45) is 0 Å². The van der Waals surface area contributed by atoms with Gasteiger partial charge >= 0.3 is 0 Å². The molecule has 1 aromatic rings. The van der Waals surface area contributed by atoms with Gasteiger partial charge in [0.05, 0.1) is 19.3 Å². The van der Waals surface area contributed by atoms with Crippen LogP contribution in [0.15, 0.2) is 12.3 Å². The van der Waals surface area contributed by atoms with Crippen molar-refractivity contribution in [2.45, 2.75) is 32.4 Å². The second-order valence-electron chi connectivity index (χ2n) is 5.30. The summed E-state index contributed by atoms with van der Waals surface area (Å²) in [6.07, 6.45) is 2.84. The van der Waals surface area contributed by atoms with Crippen LogP contribution in [0, 0.1) is 0 Å². The lowest BCUT2D eigenvalue weighted by Gasteiger charge is -2.15. The van der Waals surface area contributed by atoms with Crippen molar-refractivity contribution in [1.29, 1.82) is 0 Å². The predicted molar refractivity (Wildman–Crippen MR) is 74.7 cm³/mol. The number of carbonyl (C=O) groups excluding carboxylic acids is 1. The number of likely N-dealkylation sites (tertiary alicyclic amines) is 1. The van der Waals surface area contributed by atoms with E-state index in [1.54, 1.807) is 17.9 Å². The zero-order valence-electron chi connectivity index (χ0n) is 12.4. The topological polar surface area (TPSA) is 56.6 Å². The number of rotatable bonds is 6. The minimum atomic E-state index is -0.0118. The fraction of sp³-hybridized carbons (Fsp3) is 0.714. The molecule has 0 saturated carbocycles. The third kappa shape index (κ3) is 3.58. The highest BCUT2D eigenvalue weighted by atomic mass is 16.5. The highest BCUT2D eigenvalue weighted by Crippen LogP contribution is 2.16. The van der Waals surface area contributed by atoms with Crippen molar-refractivity contribution >= 4 is 5.91 Å². The quantitative estimate of drug-likeness (QED) is 0.738. The van der Waals surface area contributed by atoms with E-state index in [-0.39, 0.29) is 18.1 Å². The van der Waals surface area contributed by atoms with Crippen LogP contribution in [0.2, 0.25) is 0 Å². The van der Waals surface area contributed by atoms with E-state index in [4.69, 9.17) is 9.47 Å². The molecule has 1 aliphatic heterocycles. The average molecular weight is 281 g/mol. The van der Waals surface area contributed by atoms with Gasteiger partial charge < -0.3 is 14.4 Å². The van der Waals surface area contributed by atoms with Crippen LogP contribution < -0.4 is 0 Å². The molecule has 6 heteroatoms. The molecule has 2 heterocycles. The Morgan fingerprint density at radius 3 is 2.95 bits per heavy atom. The summed E-state index contributed by atoms with van der Waals surface area (Å²) in [6, 6.07) is 2.04. The average Bonchev–Trinajstić information content (AvgIpc) is 3.07. The van der Waals surface area contributed by atoms with E-state index >= 15 is 0 Å². The molecule has 112 valence electrons. The lowest BCUT2D eigenvalue weighted by molar-refractivity contribution is 0.0218. The van der Waals surface area contributed by atoms with Crippen molar-refractivity contribution in [3.63, 3.8) is 0 Å². The minimum Gasteiger partial charge on any atom is -0.382 e. The Labute approximate surface area is 119 Å². The van der Waals surface area contributed by atoms with Crippen molar-refractivity contribution in [3.8, 4) is 0 Å². The molecule has 1 aromatic heterocycles. The van der Waals surface area contributed by atoms with E-state index in [1.165, 1.54) is 0 Å². The highest BCUT2D eigenvalue weighted by molar-refractivity contribution is 5.92. The second kappa shape index (κ2) is 6.85. The second-order valence-corrected chi connectivity index (χ2v) is 5.30. The smallest absolute Gasteiger partial charge is 0.274 e. The Kier molecular flexibility index (Phi) is 5.14. The van der Waals surface area contributed by atoms with Gasteiger partial charge in [-0.15, -0.1) is 0 Å². The Balaban J connectivity index is 1.87. The van der Waals surface area contributed by atoms with Gasteiger partial charge in [0, 0.05) is 32.4 Å². The summed E-state index contributed by atoms with van der Waals surface area (Å²) in [7, 11) is 1.65. The van der Waals surface area contributed by atoms with Gasteiger partial charge in [-0.05, 0) is 26.3 Å². The van der Waals surface area contributed by atoms with Crippen molar-refractivity contribution < 1.29 is 14.3 Å². The number of aromatic nitrogens is 2. The molecule has 1 atom stereocenters. The summed E-state index contributed by atoms with van der Waals surface area (Å²) in [5.74, 6) is -0.0118. The van der Waals surface area contributed by atoms with Gasteiger partial charge in [-0.1, -0.05) is 0 Å². The van der Waals surface area contributed by atoms with Crippen LogP contribution in [0.4, 0.5) is 0 Å². The van der Waals surface area contributed by atoms with Crippen molar-refractivity contribution in [3.05, 3.63) is 18.0 Å². The van der Waals surface area contributed by atoms with Crippen molar-refractivity contribution in [2.75, 3.05) is 33.4 Å². The predicted octanol–water partition coefficient (Wildman–Crippen LogP) is 1.34. The van der Waals surface area contributed by atoms with Crippen LogP contribution >= 0.6 is 0 Å². The molecule has 0 aromatic carbocycles. The van der Waals surface area contributed by atoms with Crippen LogP contribution in [-0.2, 0) is 9.47 Å². The number of amides is 1. The Bertz CT molecular complexity index is 445. The van der Waals surface area contributed by atoms with Gasteiger partial charge in [-0.3, -0.25) is 9.48 Å². The monoisotopic (exact) mass is 281 g/mol. The van der Waals surface area contributed by atoms with E-state index in [0.717, 1.165) is 13.0 Å². The van der Waals surface area contributed by atoms with Crippen LogP contribution in [0.3, 0.4) is 0 Å². The number of methoxy groups -OCH3 is 1. The molecule has 1 aliphatic rings. The summed E-state index contributed by atoms with van der Waals surface area (Å²) >= 11 is 0. The minimum absolute atomic E-state index is 0.0118. The molecule has 0 bridgehead atoms. The molecule has 0 aliphatic carbocycles. The number of ether oxygens (including phenoxy) is 2. The first-order chi connectivity index (χ1) is 9.61. The maximum atomic E-state index is 12.3. The lowest BCUT2D eigenvalue weighted by atomic mass is 10.3. The van der Waals surface area contributed by atoms with E-state index in [0.29, 0.717) is 25.5 Å². The molecule has 1 fully saturated rings. The molecule has 2 rings (SSSR count). The van der Waals surface area contributed by atoms with E-state index in [2.05, 4.69) is 5.10 Å². The molecular weight excluding hydrogens is 258 g/mol. The Morgan fingerprint density at radius 2 is 2.30 bits per heavy atom. The zero-order chi connectivity index (χ0) is 14.5. The molecular formula is C14H23N3O3. The first-order valence-corrected chi connectivity index (χ1v) is 7.06. The molecule has 20 heavy (non-hydrogen) atoms. The van der Waals surface area contributed by atoms with Crippen LogP contribution in [0.25, 0.3) is 0 Å². The summed E-state index contributed by atoms with van der Waals surface area (Å²) in [5.41, 5.74) is 0.510. The van der Waals surface area contributed by atoms with Crippen LogP contribution in [-0.4, -0.2) is 60.1 Å². The number of hydrogen-bond acceptors (Lipinski definition) is 4. The first-order valence-electron chi connectivity index (χ1n) is 7.06. The van der Waals surface area contributed by atoms with Crippen LogP contribution in [0.5, 0.6) is 0 Å². The summed E-state index contributed by atoms with van der Waals surface area (Å²) in [6.45, 7) is 6.60. The highest BCUT2D eigenvalue weighted by Gasteiger charge is 2.28. The summed E-state index contributed by atoms with van der Waals surface area (Å²) in [4.78, 5) is 14.1. The molecule has 1 unspecified atom stereocenters. The maximum absolute atomic E-state index is 12.3. The van der Waals surface area contributed by atoms with Gasteiger partial charge in [0.15, 0.2) is 0 Å². The zero-order valence-corrected chi connectivity index (χ0v) is 12.4. The van der Waals surface area contributed by atoms with E-state index < -0.39 is 0 Å². The van der Waals surface area contributed by atoms with E-state index in [9.17, 15) is 4.79 Å². The van der Waals surface area contributed by atoms with Gasteiger partial charge in [-0.25, -0.2) is 0 Å². The first kappa shape index (κ1) is 15.0. The Morgan fingerprint density at radius 1 is 1.50 bits per heavy atom. The van der Waals surface area contributed by atoms with E-state index in [1.807, 2.05) is 24.9 Å². The number of nitrogens with zero attached hydrogens (tertiary/aromatic N) is 3. The van der Waals surface area contributed by atoms with Crippen molar-refractivity contribution in [1.82, 2.24) is 14.7 Å². The molecule has 0 N–H and O–H groups in total. The standard InChI is InChI=1S/C14H23N3O3/c1-11(2)17-7-5-13(15-17)14(18)16-6-4-12(10-16)20-9-8-19-3/h5,7,11-12H,4,6,8-10H2,1-3H3. The van der Waals surface area contributed by atoms with Gasteiger partial charge in [0.2, 0.25) is 0 Å². The summed E-state index contributed by atoms with van der Waals surface area (Å²) < 4.78 is 12.4. The molecule has 0 radical (unpaired) electrons. The molecule has 0 spiro atoms. The normalized spacial score (nSPS) is 19.0. The largest absolute Gasteiger partial charge is 0.382 e. The summed E-state index contributed by atoms with van der Waals surface area (Å²) in [5, 5.41) is 4.32. The molecule has 1 amide bonds. The van der Waals surface area contributed by atoms with Gasteiger partial charge in [-0.2, -0.15) is 5.10 Å². The molecule has 6 nitrogen and oxygen atoms in total. The number of hydrogen-bond donors (Lipinski definition) is 0. The SMILES string of the molecule is COCCOC1CCN(C(=O)c2ccn(C(C)C)n2)C1. The van der Waals surface area contributed by atoms with Gasteiger partial charge in [0.25, 0.3) is 5.91 Å². The van der Waals surface area contributed by atoms with Gasteiger partial charge in [0.1, 0.15) is 5.69 Å². The lowest BCUT2D eigenvalue weighted by Crippen LogP contribution is -2.31. The molecule has 1 saturated heterocycles. The third-order valence-corrected chi connectivity index (χ3v) is 3.43. The fourth-order valence-electron chi connectivity index (χ4n) is 2.25. The fourth-order valence-corrected chi connectivity index (χ4v) is 2.25.